The average Bonchev–Trinajstić information content (AvgIpc) is 3.62. The summed E-state index contributed by atoms with van der Waals surface area (Å²) in [6.45, 7) is -1.24. The molecule has 1 aromatic heterocycles. The molecule has 0 aliphatic carbocycles. The normalized spacial score (nSPS) is 14.9. The first-order valence-corrected chi connectivity index (χ1v) is 16.9. The number of anilines is 1. The fourth-order valence-corrected chi connectivity index (χ4v) is 7.03. The quantitative estimate of drug-likeness (QED) is 0.112. The summed E-state index contributed by atoms with van der Waals surface area (Å²) in [6.07, 6.45) is 0.872. The molecule has 46 heavy (non-hydrogen) atoms. The molecule has 1 unspecified atom stereocenters. The molecule has 0 saturated carbocycles. The van der Waals surface area contributed by atoms with Gasteiger partial charge in [0.25, 0.3) is 21.7 Å². The summed E-state index contributed by atoms with van der Waals surface area (Å²) < 4.78 is 73.0. The topological polar surface area (TPSA) is 217 Å². The molecule has 0 fully saturated rings. The van der Waals surface area contributed by atoms with Gasteiger partial charge in [-0.2, -0.15) is 8.42 Å². The number of sulfonamides is 1. The van der Waals surface area contributed by atoms with Gasteiger partial charge in [0, 0.05) is 30.5 Å². The molecule has 2 heterocycles. The van der Waals surface area contributed by atoms with Crippen molar-refractivity contribution in [1.29, 1.82) is 0 Å². The second kappa shape index (κ2) is 12.4. The van der Waals surface area contributed by atoms with Gasteiger partial charge in [-0.15, -0.1) is 0 Å². The molecular weight excluding hydrogens is 648 g/mol. The van der Waals surface area contributed by atoms with E-state index in [2.05, 4.69) is 9.71 Å². The summed E-state index contributed by atoms with van der Waals surface area (Å²) in [4.78, 5) is 29.7. The molecule has 18 heteroatoms. The van der Waals surface area contributed by atoms with Gasteiger partial charge in [-0.05, 0) is 35.2 Å². The number of H-pyrrole nitrogens is 1. The second-order valence-electron chi connectivity index (χ2n) is 10.3. The number of hydrogen-bond donors (Lipinski definition) is 3. The van der Waals surface area contributed by atoms with E-state index in [9.17, 15) is 31.7 Å². The summed E-state index contributed by atoms with van der Waals surface area (Å²) in [7, 11) is -3.75. The summed E-state index contributed by atoms with van der Waals surface area (Å²) in [6, 6.07) is 8.07. The first kappa shape index (κ1) is 32.9. The third-order valence-electron chi connectivity index (χ3n) is 7.50. The minimum atomic E-state index is -4.14. The largest absolute Gasteiger partial charge is 0.493 e. The number of aliphatic hydroxyl groups excluding tert-OH is 1. The third kappa shape index (κ3) is 5.92. The van der Waals surface area contributed by atoms with E-state index in [0.29, 0.717) is 22.2 Å². The lowest BCUT2D eigenvalue weighted by atomic mass is 9.94. The van der Waals surface area contributed by atoms with Crippen LogP contribution in [-0.4, -0.2) is 91.6 Å². The highest BCUT2D eigenvalue weighted by atomic mass is 32.2. The van der Waals surface area contributed by atoms with Gasteiger partial charge in [0.1, 0.15) is 5.69 Å². The van der Waals surface area contributed by atoms with Crippen molar-refractivity contribution in [2.75, 3.05) is 58.8 Å². The number of nitro benzene ring substituents is 1. The smallest absolute Gasteiger partial charge is 0.279 e. The van der Waals surface area contributed by atoms with Gasteiger partial charge in [-0.1, -0.05) is 6.07 Å². The highest BCUT2D eigenvalue weighted by Crippen LogP contribution is 2.47. The molecule has 5 rings (SSSR count). The molecule has 1 aliphatic heterocycles. The standard InChI is InChI=1S/C28H30N4O12S2/c1-41-23-10-15-9-20(30-25(15)27(43-3)26(23)42-2)28(34)31-13-16(14-44-45(4,37)38)24-18-6-5-17(46(39,40)29-7-8-33)11-19(18)21(32(35)36)12-22(24)31/h5-6,9-12,16,29-30,33H,7-8,13-14H2,1-4H3. The minimum absolute atomic E-state index is 0.0520. The summed E-state index contributed by atoms with van der Waals surface area (Å²) in [5, 5.41) is 22.1. The van der Waals surface area contributed by atoms with Crippen LogP contribution in [0.25, 0.3) is 21.7 Å². The molecule has 0 bridgehead atoms. The molecule has 1 aliphatic rings. The number of hydrogen-bond acceptors (Lipinski definition) is 12. The van der Waals surface area contributed by atoms with Crippen molar-refractivity contribution in [2.45, 2.75) is 10.8 Å². The van der Waals surface area contributed by atoms with Crippen molar-refractivity contribution in [2.24, 2.45) is 0 Å². The van der Waals surface area contributed by atoms with Crippen LogP contribution in [0.3, 0.4) is 0 Å². The summed E-state index contributed by atoms with van der Waals surface area (Å²) in [5.74, 6) is -0.452. The van der Waals surface area contributed by atoms with Crippen LogP contribution in [0.5, 0.6) is 17.2 Å². The Hall–Kier alpha value is -4.49. The number of non-ortho nitro benzene ring substituents is 1. The number of aromatic amines is 1. The fourth-order valence-electron chi connectivity index (χ4n) is 5.58. The number of nitrogens with one attached hydrogen (secondary N) is 2. The highest BCUT2D eigenvalue weighted by molar-refractivity contribution is 7.89. The van der Waals surface area contributed by atoms with Crippen LogP contribution in [0.2, 0.25) is 0 Å². The van der Waals surface area contributed by atoms with Crippen molar-refractivity contribution in [1.82, 2.24) is 9.71 Å². The Kier molecular flexibility index (Phi) is 8.84. The van der Waals surface area contributed by atoms with Crippen LogP contribution in [0, 0.1) is 10.1 Å². The zero-order chi connectivity index (χ0) is 33.6. The molecule has 0 radical (unpaired) electrons. The minimum Gasteiger partial charge on any atom is -0.493 e. The SMILES string of the molecule is COc1cc2cc(C(=O)N3CC(COS(C)(=O)=O)c4c3cc([N+](=O)[O-])c3cc(S(=O)(=O)NCCO)ccc43)[nH]c2c(OC)c1OC. The van der Waals surface area contributed by atoms with Crippen molar-refractivity contribution in [3.8, 4) is 17.2 Å². The van der Waals surface area contributed by atoms with Gasteiger partial charge in [0.2, 0.25) is 15.8 Å². The number of methoxy groups -OCH3 is 3. The Labute approximate surface area is 263 Å². The van der Waals surface area contributed by atoms with Crippen LogP contribution < -0.4 is 23.8 Å². The van der Waals surface area contributed by atoms with Crippen molar-refractivity contribution in [3.05, 3.63) is 57.8 Å². The summed E-state index contributed by atoms with van der Waals surface area (Å²) in [5.41, 5.74) is 0.512. The Bertz CT molecular complexity index is 2090. The number of amides is 1. The molecule has 3 N–H and O–H groups in total. The molecule has 3 aromatic carbocycles. The third-order valence-corrected chi connectivity index (χ3v) is 9.52. The molecular formula is C28H30N4O12S2. The van der Waals surface area contributed by atoms with Crippen LogP contribution in [0.15, 0.2) is 41.3 Å². The van der Waals surface area contributed by atoms with Gasteiger partial charge in [0.15, 0.2) is 11.5 Å². The van der Waals surface area contributed by atoms with Crippen molar-refractivity contribution >= 4 is 59.1 Å². The number of carbonyl (C=O) groups is 1. The fraction of sp³-hybridized carbons (Fsp3) is 0.321. The predicted octanol–water partition coefficient (Wildman–Crippen LogP) is 2.25. The molecule has 4 aromatic rings. The first-order valence-electron chi connectivity index (χ1n) is 13.6. The van der Waals surface area contributed by atoms with Gasteiger partial charge in [-0.3, -0.25) is 19.1 Å². The van der Waals surface area contributed by atoms with Gasteiger partial charge < -0.3 is 29.2 Å². The molecule has 0 saturated heterocycles. The summed E-state index contributed by atoms with van der Waals surface area (Å²) >= 11 is 0. The number of fused-ring (bicyclic) bond motifs is 4. The van der Waals surface area contributed by atoms with E-state index in [1.165, 1.54) is 38.4 Å². The zero-order valence-electron chi connectivity index (χ0n) is 25.0. The number of rotatable bonds is 12. The van der Waals surface area contributed by atoms with Gasteiger partial charge >= 0.3 is 0 Å². The number of nitrogens with zero attached hydrogens (tertiary/aromatic N) is 2. The van der Waals surface area contributed by atoms with Gasteiger partial charge in [-0.25, -0.2) is 13.1 Å². The zero-order valence-corrected chi connectivity index (χ0v) is 26.7. The van der Waals surface area contributed by atoms with Crippen molar-refractivity contribution in [3.63, 3.8) is 0 Å². The van der Waals surface area contributed by atoms with E-state index in [-0.39, 0.29) is 51.6 Å². The maximum atomic E-state index is 14.1. The predicted molar refractivity (Wildman–Crippen MR) is 166 cm³/mol. The lowest BCUT2D eigenvalue weighted by molar-refractivity contribution is -0.383. The van der Waals surface area contributed by atoms with E-state index >= 15 is 0 Å². The van der Waals surface area contributed by atoms with Crippen LogP contribution >= 0.6 is 0 Å². The van der Waals surface area contributed by atoms with Crippen molar-refractivity contribution < 1.29 is 50.1 Å². The Morgan fingerprint density at radius 1 is 1.07 bits per heavy atom. The number of ether oxygens (including phenoxy) is 3. The average molecular weight is 679 g/mol. The van der Waals surface area contributed by atoms with Gasteiger partial charge in [0.05, 0.1) is 67.2 Å². The van der Waals surface area contributed by atoms with E-state index in [0.717, 1.165) is 18.4 Å². The number of carbonyl (C=O) groups excluding carboxylic acids is 1. The van der Waals surface area contributed by atoms with E-state index in [1.54, 1.807) is 12.1 Å². The van der Waals surface area contributed by atoms with E-state index in [1.807, 2.05) is 0 Å². The van der Waals surface area contributed by atoms with Crippen LogP contribution in [-0.2, 0) is 24.3 Å². The lowest BCUT2D eigenvalue weighted by Gasteiger charge is -2.17. The number of nitro groups is 1. The monoisotopic (exact) mass is 678 g/mol. The lowest BCUT2D eigenvalue weighted by Crippen LogP contribution is -2.31. The van der Waals surface area contributed by atoms with E-state index in [4.69, 9.17) is 23.5 Å². The van der Waals surface area contributed by atoms with E-state index < -0.39 is 55.8 Å². The molecule has 0 spiro atoms. The molecule has 1 atom stereocenters. The first-order chi connectivity index (χ1) is 21.7. The molecule has 246 valence electrons. The Morgan fingerprint density at radius 2 is 1.78 bits per heavy atom. The molecule has 16 nitrogen and oxygen atoms in total. The Balaban J connectivity index is 1.69. The second-order valence-corrected chi connectivity index (χ2v) is 13.7. The maximum absolute atomic E-state index is 14.1. The Morgan fingerprint density at radius 3 is 2.39 bits per heavy atom. The maximum Gasteiger partial charge on any atom is 0.279 e. The van der Waals surface area contributed by atoms with Crippen LogP contribution in [0.4, 0.5) is 11.4 Å². The number of aliphatic hydroxyl groups is 1. The molecule has 1 amide bonds. The number of aromatic nitrogens is 1. The highest BCUT2D eigenvalue weighted by Gasteiger charge is 2.38. The number of benzene rings is 3. The van der Waals surface area contributed by atoms with Crippen LogP contribution in [0.1, 0.15) is 22.0 Å².